The molecule has 0 aliphatic carbocycles. The predicted octanol–water partition coefficient (Wildman–Crippen LogP) is 1.12. The fourth-order valence-electron chi connectivity index (χ4n) is 1.21. The molecule has 0 aliphatic rings. The van der Waals surface area contributed by atoms with Gasteiger partial charge in [-0.05, 0) is 0 Å². The van der Waals surface area contributed by atoms with Gasteiger partial charge in [0.2, 0.25) is 0 Å². The maximum Gasteiger partial charge on any atom is 0.405 e. The van der Waals surface area contributed by atoms with E-state index in [4.69, 9.17) is 0 Å². The van der Waals surface area contributed by atoms with Crippen molar-refractivity contribution >= 4 is 6.03 Å². The van der Waals surface area contributed by atoms with Crippen LogP contribution in [0, 0.1) is 0 Å². The zero-order valence-electron chi connectivity index (χ0n) is 9.45. The Balaban J connectivity index is 2.42. The van der Waals surface area contributed by atoms with Crippen molar-refractivity contribution in [3.05, 3.63) is 18.0 Å². The van der Waals surface area contributed by atoms with E-state index < -0.39 is 18.8 Å². The summed E-state index contributed by atoms with van der Waals surface area (Å²) in [7, 11) is 3.13. The molecule has 8 heteroatoms. The first-order valence-corrected chi connectivity index (χ1v) is 4.81. The first kappa shape index (κ1) is 13.3. The highest BCUT2D eigenvalue weighted by molar-refractivity contribution is 5.73. The summed E-state index contributed by atoms with van der Waals surface area (Å²) in [6.45, 7) is -1.12. The Morgan fingerprint density at radius 3 is 2.71 bits per heavy atom. The summed E-state index contributed by atoms with van der Waals surface area (Å²) in [4.78, 5) is 12.4. The van der Waals surface area contributed by atoms with E-state index in [0.29, 0.717) is 0 Å². The number of carbonyl (C=O) groups is 1. The van der Waals surface area contributed by atoms with Gasteiger partial charge in [0.15, 0.2) is 0 Å². The minimum atomic E-state index is -4.40. The molecule has 1 aromatic rings. The Kier molecular flexibility index (Phi) is 3.97. The van der Waals surface area contributed by atoms with Gasteiger partial charge in [-0.1, -0.05) is 0 Å². The topological polar surface area (TPSA) is 50.2 Å². The predicted molar refractivity (Wildman–Crippen MR) is 54.1 cm³/mol. The van der Waals surface area contributed by atoms with Gasteiger partial charge in [0.25, 0.3) is 0 Å². The highest BCUT2D eigenvalue weighted by atomic mass is 19.4. The van der Waals surface area contributed by atoms with Crippen LogP contribution in [0.5, 0.6) is 0 Å². The minimum absolute atomic E-state index is 0.206. The van der Waals surface area contributed by atoms with E-state index in [1.165, 1.54) is 7.05 Å². The highest BCUT2D eigenvalue weighted by Gasteiger charge is 2.28. The van der Waals surface area contributed by atoms with E-state index in [2.05, 4.69) is 5.10 Å². The quantitative estimate of drug-likeness (QED) is 0.874. The lowest BCUT2D eigenvalue weighted by atomic mass is 10.3. The maximum absolute atomic E-state index is 11.9. The Bertz CT molecular complexity index is 388. The monoisotopic (exact) mass is 250 g/mol. The van der Waals surface area contributed by atoms with Gasteiger partial charge in [0.1, 0.15) is 6.54 Å². The molecule has 1 rings (SSSR count). The second kappa shape index (κ2) is 5.07. The number of aryl methyl sites for hydroxylation is 1. The van der Waals surface area contributed by atoms with E-state index in [9.17, 15) is 18.0 Å². The van der Waals surface area contributed by atoms with Crippen molar-refractivity contribution < 1.29 is 18.0 Å². The van der Waals surface area contributed by atoms with Crippen molar-refractivity contribution in [1.29, 1.82) is 0 Å². The van der Waals surface area contributed by atoms with E-state index in [0.717, 1.165) is 10.5 Å². The van der Waals surface area contributed by atoms with Gasteiger partial charge >= 0.3 is 12.2 Å². The molecule has 2 amide bonds. The lowest BCUT2D eigenvalue weighted by Crippen LogP contribution is -2.41. The minimum Gasteiger partial charge on any atom is -0.329 e. The molecule has 17 heavy (non-hydrogen) atoms. The van der Waals surface area contributed by atoms with Gasteiger partial charge in [-0.25, -0.2) is 4.79 Å². The Hall–Kier alpha value is -1.73. The number of amides is 2. The number of hydrogen-bond acceptors (Lipinski definition) is 2. The molecule has 0 bridgehead atoms. The summed E-state index contributed by atoms with van der Waals surface area (Å²) < 4.78 is 37.1. The first-order chi connectivity index (χ1) is 7.78. The SMILES string of the molecule is CN(Cc1cnn(C)c1)C(=O)NCC(F)(F)F. The Labute approximate surface area is 96.2 Å². The first-order valence-electron chi connectivity index (χ1n) is 4.81. The van der Waals surface area contributed by atoms with Gasteiger partial charge in [0.05, 0.1) is 12.7 Å². The van der Waals surface area contributed by atoms with Gasteiger partial charge in [-0.3, -0.25) is 4.68 Å². The van der Waals surface area contributed by atoms with E-state index in [-0.39, 0.29) is 6.54 Å². The summed E-state index contributed by atoms with van der Waals surface area (Å²) in [5, 5.41) is 5.68. The normalized spacial score (nSPS) is 11.4. The molecular weight excluding hydrogens is 237 g/mol. The molecule has 0 aromatic carbocycles. The third-order valence-electron chi connectivity index (χ3n) is 1.96. The highest BCUT2D eigenvalue weighted by Crippen LogP contribution is 2.12. The van der Waals surface area contributed by atoms with Crippen LogP contribution in [0.4, 0.5) is 18.0 Å². The Morgan fingerprint density at radius 1 is 1.59 bits per heavy atom. The lowest BCUT2D eigenvalue weighted by molar-refractivity contribution is -0.123. The molecule has 0 saturated carbocycles. The molecule has 0 unspecified atom stereocenters. The molecule has 0 spiro atoms. The average molecular weight is 250 g/mol. The fourth-order valence-corrected chi connectivity index (χ4v) is 1.21. The van der Waals surface area contributed by atoms with Crippen LogP contribution in [-0.4, -0.2) is 40.5 Å². The van der Waals surface area contributed by atoms with Crippen molar-refractivity contribution in [3.63, 3.8) is 0 Å². The van der Waals surface area contributed by atoms with E-state index >= 15 is 0 Å². The van der Waals surface area contributed by atoms with Crippen LogP contribution in [0.2, 0.25) is 0 Å². The number of urea groups is 1. The molecule has 0 aliphatic heterocycles. The van der Waals surface area contributed by atoms with Crippen LogP contribution >= 0.6 is 0 Å². The van der Waals surface area contributed by atoms with Crippen molar-refractivity contribution in [3.8, 4) is 0 Å². The largest absolute Gasteiger partial charge is 0.405 e. The smallest absolute Gasteiger partial charge is 0.329 e. The summed E-state index contributed by atoms with van der Waals surface area (Å²) in [5.41, 5.74) is 0.747. The van der Waals surface area contributed by atoms with Crippen LogP contribution in [0.3, 0.4) is 0 Å². The van der Waals surface area contributed by atoms with Crippen LogP contribution < -0.4 is 5.32 Å². The lowest BCUT2D eigenvalue weighted by Gasteiger charge is -2.17. The average Bonchev–Trinajstić information content (AvgIpc) is 2.59. The Morgan fingerprint density at radius 2 is 2.24 bits per heavy atom. The van der Waals surface area contributed by atoms with Crippen LogP contribution in [0.15, 0.2) is 12.4 Å². The summed E-state index contributed by atoms with van der Waals surface area (Å²) in [5.74, 6) is 0. The number of hydrogen-bond donors (Lipinski definition) is 1. The van der Waals surface area contributed by atoms with E-state index in [1.807, 2.05) is 0 Å². The van der Waals surface area contributed by atoms with Crippen LogP contribution in [0.1, 0.15) is 5.56 Å². The summed E-state index contributed by atoms with van der Waals surface area (Å²) in [6.07, 6.45) is -1.16. The second-order valence-electron chi connectivity index (χ2n) is 3.65. The van der Waals surface area contributed by atoms with Gasteiger partial charge < -0.3 is 10.2 Å². The van der Waals surface area contributed by atoms with Gasteiger partial charge in [0, 0.05) is 25.9 Å². The molecule has 1 N–H and O–H groups in total. The van der Waals surface area contributed by atoms with E-state index in [1.54, 1.807) is 29.4 Å². The third kappa shape index (κ3) is 4.75. The molecule has 0 saturated heterocycles. The van der Waals surface area contributed by atoms with Crippen LogP contribution in [0.25, 0.3) is 0 Å². The van der Waals surface area contributed by atoms with Crippen LogP contribution in [-0.2, 0) is 13.6 Å². The summed E-state index contributed by atoms with van der Waals surface area (Å²) >= 11 is 0. The maximum atomic E-state index is 11.9. The van der Waals surface area contributed by atoms with Gasteiger partial charge in [-0.2, -0.15) is 18.3 Å². The number of alkyl halides is 3. The molecular formula is C9H13F3N4O. The second-order valence-corrected chi connectivity index (χ2v) is 3.65. The number of nitrogens with zero attached hydrogens (tertiary/aromatic N) is 3. The summed E-state index contributed by atoms with van der Waals surface area (Å²) in [6, 6.07) is -0.772. The number of halogens is 3. The number of aromatic nitrogens is 2. The van der Waals surface area contributed by atoms with Crippen molar-refractivity contribution in [2.24, 2.45) is 7.05 Å². The zero-order valence-corrected chi connectivity index (χ0v) is 9.45. The molecule has 0 fully saturated rings. The molecule has 5 nitrogen and oxygen atoms in total. The molecule has 0 atom stereocenters. The van der Waals surface area contributed by atoms with Gasteiger partial charge in [-0.15, -0.1) is 0 Å². The molecule has 0 radical (unpaired) electrons. The number of rotatable bonds is 3. The number of carbonyl (C=O) groups excluding carboxylic acids is 1. The number of nitrogens with one attached hydrogen (secondary N) is 1. The zero-order chi connectivity index (χ0) is 13.1. The fraction of sp³-hybridized carbons (Fsp3) is 0.556. The molecule has 1 heterocycles. The van der Waals surface area contributed by atoms with Crippen molar-refractivity contribution in [2.75, 3.05) is 13.6 Å². The standard InChI is InChI=1S/C9H13F3N4O/c1-15(4-7-3-14-16(2)5-7)8(17)13-6-9(10,11)12/h3,5H,4,6H2,1-2H3,(H,13,17). The van der Waals surface area contributed by atoms with Crippen molar-refractivity contribution in [1.82, 2.24) is 20.0 Å². The third-order valence-corrected chi connectivity index (χ3v) is 1.96. The molecule has 96 valence electrons. The molecule has 1 aromatic heterocycles. The van der Waals surface area contributed by atoms with Crippen molar-refractivity contribution in [2.45, 2.75) is 12.7 Å².